The van der Waals surface area contributed by atoms with Gasteiger partial charge < -0.3 is 4.74 Å². The van der Waals surface area contributed by atoms with Crippen molar-refractivity contribution in [1.29, 1.82) is 0 Å². The van der Waals surface area contributed by atoms with E-state index in [9.17, 15) is 13.6 Å². The minimum absolute atomic E-state index is 0.0398. The summed E-state index contributed by atoms with van der Waals surface area (Å²) in [5.74, 6) is -1.35. The zero-order valence-corrected chi connectivity index (χ0v) is 9.13. The zero-order chi connectivity index (χ0) is 12.0. The van der Waals surface area contributed by atoms with Gasteiger partial charge in [0.25, 0.3) is 0 Å². The van der Waals surface area contributed by atoms with Gasteiger partial charge in [-0.15, -0.1) is 0 Å². The molecule has 0 aliphatic heterocycles. The maximum Gasteiger partial charge on any atom is 0.137 e. The van der Waals surface area contributed by atoms with E-state index < -0.39 is 11.6 Å². The highest BCUT2D eigenvalue weighted by molar-refractivity contribution is 5.80. The van der Waals surface area contributed by atoms with Crippen molar-refractivity contribution in [3.8, 4) is 0 Å². The van der Waals surface area contributed by atoms with Crippen molar-refractivity contribution in [2.45, 2.75) is 19.3 Å². The summed E-state index contributed by atoms with van der Waals surface area (Å²) in [5.41, 5.74) is 0.375. The van der Waals surface area contributed by atoms with Crippen LogP contribution in [0.15, 0.2) is 18.2 Å². The normalized spacial score (nSPS) is 10.4. The Kier molecular flexibility index (Phi) is 5.05. The van der Waals surface area contributed by atoms with Gasteiger partial charge in [-0.3, -0.25) is 4.79 Å². The number of methoxy groups -OCH3 is 1. The number of rotatable bonds is 6. The van der Waals surface area contributed by atoms with Crippen LogP contribution in [0.25, 0.3) is 0 Å². The van der Waals surface area contributed by atoms with E-state index in [4.69, 9.17) is 4.74 Å². The molecular weight excluding hydrogens is 214 g/mol. The van der Waals surface area contributed by atoms with Crippen LogP contribution in [0.3, 0.4) is 0 Å². The minimum atomic E-state index is -0.653. The average Bonchev–Trinajstić information content (AvgIpc) is 2.16. The fourth-order valence-corrected chi connectivity index (χ4v) is 1.44. The number of hydrogen-bond acceptors (Lipinski definition) is 2. The van der Waals surface area contributed by atoms with E-state index in [1.165, 1.54) is 12.1 Å². The second-order valence-electron chi connectivity index (χ2n) is 3.59. The van der Waals surface area contributed by atoms with Gasteiger partial charge in [-0.25, -0.2) is 8.78 Å². The van der Waals surface area contributed by atoms with Crippen LogP contribution < -0.4 is 0 Å². The van der Waals surface area contributed by atoms with E-state index >= 15 is 0 Å². The summed E-state index contributed by atoms with van der Waals surface area (Å²) in [5, 5.41) is 0. The van der Waals surface area contributed by atoms with Crippen LogP contribution in [-0.4, -0.2) is 19.5 Å². The lowest BCUT2D eigenvalue weighted by molar-refractivity contribution is -0.118. The Morgan fingerprint density at radius 1 is 1.25 bits per heavy atom. The molecular formula is C12H14F2O2. The summed E-state index contributed by atoms with van der Waals surface area (Å²) in [6.45, 7) is 0.517. The molecule has 88 valence electrons. The van der Waals surface area contributed by atoms with Crippen LogP contribution >= 0.6 is 0 Å². The van der Waals surface area contributed by atoms with E-state index in [0.29, 0.717) is 25.0 Å². The van der Waals surface area contributed by atoms with Gasteiger partial charge in [0, 0.05) is 32.6 Å². The summed E-state index contributed by atoms with van der Waals surface area (Å²) >= 11 is 0. The Bertz CT molecular complexity index is 344. The molecule has 0 saturated heterocycles. The van der Waals surface area contributed by atoms with Crippen molar-refractivity contribution >= 4 is 5.78 Å². The molecule has 16 heavy (non-hydrogen) atoms. The van der Waals surface area contributed by atoms with E-state index in [0.717, 1.165) is 6.07 Å². The number of benzene rings is 1. The van der Waals surface area contributed by atoms with E-state index in [-0.39, 0.29) is 12.2 Å². The second kappa shape index (κ2) is 6.33. The maximum atomic E-state index is 12.8. The van der Waals surface area contributed by atoms with E-state index in [1.54, 1.807) is 7.11 Å². The Morgan fingerprint density at radius 3 is 2.44 bits per heavy atom. The first-order chi connectivity index (χ1) is 7.61. The smallest absolute Gasteiger partial charge is 0.137 e. The van der Waals surface area contributed by atoms with Gasteiger partial charge in [0.1, 0.15) is 17.4 Å². The zero-order valence-electron chi connectivity index (χ0n) is 9.13. The summed E-state index contributed by atoms with van der Waals surface area (Å²) in [6, 6.07) is 3.15. The Balaban J connectivity index is 2.49. The lowest BCUT2D eigenvalue weighted by Crippen LogP contribution is -2.05. The van der Waals surface area contributed by atoms with Gasteiger partial charge in [0.2, 0.25) is 0 Å². The Labute approximate surface area is 93.2 Å². The van der Waals surface area contributed by atoms with Gasteiger partial charge in [-0.2, -0.15) is 0 Å². The molecule has 0 fully saturated rings. The number of ether oxygens (including phenoxy) is 1. The largest absolute Gasteiger partial charge is 0.385 e. The van der Waals surface area contributed by atoms with Crippen molar-refractivity contribution in [3.05, 3.63) is 35.4 Å². The van der Waals surface area contributed by atoms with Crippen LogP contribution in [0.1, 0.15) is 18.4 Å². The third-order valence-electron chi connectivity index (χ3n) is 2.13. The summed E-state index contributed by atoms with van der Waals surface area (Å²) in [4.78, 5) is 11.4. The molecule has 0 amide bonds. The number of Topliss-reactive ketones (excluding diaryl/α,β-unsaturated/α-hetero) is 1. The minimum Gasteiger partial charge on any atom is -0.385 e. The molecule has 1 rings (SSSR count). The molecule has 0 aromatic heterocycles. The lowest BCUT2D eigenvalue weighted by atomic mass is 10.1. The molecule has 0 N–H and O–H groups in total. The summed E-state index contributed by atoms with van der Waals surface area (Å²) in [6.07, 6.45) is 1.07. The summed E-state index contributed by atoms with van der Waals surface area (Å²) in [7, 11) is 1.56. The molecule has 4 heteroatoms. The quantitative estimate of drug-likeness (QED) is 0.699. The molecule has 1 aromatic carbocycles. The first-order valence-corrected chi connectivity index (χ1v) is 5.07. The topological polar surface area (TPSA) is 26.3 Å². The van der Waals surface area contributed by atoms with Crippen molar-refractivity contribution < 1.29 is 18.3 Å². The fourth-order valence-electron chi connectivity index (χ4n) is 1.44. The number of carbonyl (C=O) groups excluding carboxylic acids is 1. The molecule has 2 nitrogen and oxygen atoms in total. The van der Waals surface area contributed by atoms with Crippen LogP contribution in [0.2, 0.25) is 0 Å². The van der Waals surface area contributed by atoms with Crippen LogP contribution in [0, 0.1) is 11.6 Å². The average molecular weight is 228 g/mol. The summed E-state index contributed by atoms with van der Waals surface area (Å²) < 4.78 is 30.4. The Hall–Kier alpha value is -1.29. The molecule has 0 spiro atoms. The molecule has 0 unspecified atom stereocenters. The van der Waals surface area contributed by atoms with Crippen LogP contribution in [0.4, 0.5) is 8.78 Å². The van der Waals surface area contributed by atoms with Crippen molar-refractivity contribution in [3.63, 3.8) is 0 Å². The van der Waals surface area contributed by atoms with E-state index in [1.807, 2.05) is 0 Å². The highest BCUT2D eigenvalue weighted by Gasteiger charge is 2.06. The monoisotopic (exact) mass is 228 g/mol. The lowest BCUT2D eigenvalue weighted by Gasteiger charge is -2.02. The van der Waals surface area contributed by atoms with Gasteiger partial charge in [-0.1, -0.05) is 0 Å². The number of ketones is 1. The molecule has 0 saturated carbocycles. The SMILES string of the molecule is COCCCC(=O)Cc1cc(F)cc(F)c1. The van der Waals surface area contributed by atoms with Crippen LogP contribution in [-0.2, 0) is 16.0 Å². The van der Waals surface area contributed by atoms with Crippen molar-refractivity contribution in [2.24, 2.45) is 0 Å². The molecule has 0 aliphatic carbocycles. The molecule has 0 heterocycles. The highest BCUT2D eigenvalue weighted by atomic mass is 19.1. The predicted molar refractivity (Wildman–Crippen MR) is 56.2 cm³/mol. The standard InChI is InChI=1S/C12H14F2O2/c1-16-4-2-3-12(15)7-9-5-10(13)8-11(14)6-9/h5-6,8H,2-4,7H2,1H3. The van der Waals surface area contributed by atoms with Gasteiger partial charge >= 0.3 is 0 Å². The molecule has 0 bridgehead atoms. The molecule has 0 radical (unpaired) electrons. The van der Waals surface area contributed by atoms with E-state index in [2.05, 4.69) is 0 Å². The Morgan fingerprint density at radius 2 is 1.88 bits per heavy atom. The van der Waals surface area contributed by atoms with Crippen LogP contribution in [0.5, 0.6) is 0 Å². The first kappa shape index (κ1) is 12.8. The third kappa shape index (κ3) is 4.49. The van der Waals surface area contributed by atoms with Gasteiger partial charge in [0.15, 0.2) is 0 Å². The fraction of sp³-hybridized carbons (Fsp3) is 0.417. The predicted octanol–water partition coefficient (Wildman–Crippen LogP) is 2.50. The third-order valence-corrected chi connectivity index (χ3v) is 2.13. The highest BCUT2D eigenvalue weighted by Crippen LogP contribution is 2.10. The number of halogens is 2. The van der Waals surface area contributed by atoms with Gasteiger partial charge in [-0.05, 0) is 24.1 Å². The molecule has 1 aromatic rings. The first-order valence-electron chi connectivity index (χ1n) is 5.07. The van der Waals surface area contributed by atoms with Gasteiger partial charge in [0.05, 0.1) is 0 Å². The molecule has 0 aliphatic rings. The van der Waals surface area contributed by atoms with Crippen molar-refractivity contribution in [2.75, 3.05) is 13.7 Å². The second-order valence-corrected chi connectivity index (χ2v) is 3.59. The number of hydrogen-bond donors (Lipinski definition) is 0. The molecule has 0 atom stereocenters. The maximum absolute atomic E-state index is 12.8. The number of carbonyl (C=O) groups is 1. The van der Waals surface area contributed by atoms with Crippen molar-refractivity contribution in [1.82, 2.24) is 0 Å².